The smallest absolute Gasteiger partial charge is 0.462 e. The van der Waals surface area contributed by atoms with E-state index in [1.54, 1.807) is 6.08 Å². The fourth-order valence-electron chi connectivity index (χ4n) is 5.61. The third kappa shape index (κ3) is 39.9. The van der Waals surface area contributed by atoms with Crippen molar-refractivity contribution in [1.29, 1.82) is 0 Å². The van der Waals surface area contributed by atoms with E-state index in [2.05, 4.69) is 38.2 Å². The van der Waals surface area contributed by atoms with Crippen LogP contribution in [-0.2, 0) is 37.5 Å². The summed E-state index contributed by atoms with van der Waals surface area (Å²) in [7, 11) is 1.33. The number of esters is 2. The minimum atomic E-state index is -4.44. The van der Waals surface area contributed by atoms with Crippen LogP contribution in [-0.4, -0.2) is 80.7 Å². The average Bonchev–Trinajstić information content (AvgIpc) is 3.14. The third-order valence-corrected chi connectivity index (χ3v) is 10.1. The van der Waals surface area contributed by atoms with Gasteiger partial charge in [-0.1, -0.05) is 153 Å². The van der Waals surface area contributed by atoms with Crippen molar-refractivity contribution in [2.24, 2.45) is 0 Å². The molecule has 0 saturated carbocycles. The zero-order chi connectivity index (χ0) is 41.6. The zero-order valence-corrected chi connectivity index (χ0v) is 37.0. The predicted octanol–water partition coefficient (Wildman–Crippen LogP) is 11.5. The number of phosphoric ester groups is 1. The lowest BCUT2D eigenvalue weighted by Gasteiger charge is -2.24. The highest BCUT2D eigenvalue weighted by Gasteiger charge is 2.27. The molecule has 1 N–H and O–H groups in total. The molecule has 10 nitrogen and oxygen atoms in total. The molecule has 0 aliphatic heterocycles. The number of likely N-dealkylation sites (N-methyl/N-ethyl adjacent to an activating group) is 1. The first kappa shape index (κ1) is 53.6. The second-order valence-electron chi connectivity index (χ2n) is 15.8. The van der Waals surface area contributed by atoms with Crippen LogP contribution in [0.3, 0.4) is 0 Å². The van der Waals surface area contributed by atoms with Gasteiger partial charge in [0.2, 0.25) is 0 Å². The molecule has 0 aromatic rings. The van der Waals surface area contributed by atoms with E-state index in [0.29, 0.717) is 17.4 Å². The topological polar surface area (TPSA) is 125 Å². The quantitative estimate of drug-likeness (QED) is 0.0123. The summed E-state index contributed by atoms with van der Waals surface area (Å²) < 4.78 is 34.0. The Morgan fingerprint density at radius 2 is 1.14 bits per heavy atom. The van der Waals surface area contributed by atoms with Crippen LogP contribution >= 0.6 is 7.82 Å². The Morgan fingerprint density at radius 3 is 1.75 bits per heavy atom. The Bertz CT molecular complexity index is 1160. The van der Waals surface area contributed by atoms with Crippen LogP contribution in [0.5, 0.6) is 0 Å². The number of carbonyl (C=O) groups is 3. The molecule has 0 fully saturated rings. The van der Waals surface area contributed by atoms with Crippen molar-refractivity contribution in [3.8, 4) is 0 Å². The van der Waals surface area contributed by atoms with Gasteiger partial charge in [-0.25, -0.2) is 4.57 Å². The number of quaternary nitrogens is 1. The van der Waals surface area contributed by atoms with Gasteiger partial charge >= 0.3 is 19.8 Å². The molecule has 0 radical (unpaired) electrons. The van der Waals surface area contributed by atoms with Crippen LogP contribution in [0.1, 0.15) is 168 Å². The van der Waals surface area contributed by atoms with Crippen LogP contribution in [0.2, 0.25) is 0 Å². The highest BCUT2D eigenvalue weighted by atomic mass is 31.2. The van der Waals surface area contributed by atoms with Gasteiger partial charge in [-0.2, -0.15) is 0 Å². The molecule has 0 aliphatic rings. The maximum Gasteiger partial charge on any atom is 0.472 e. The van der Waals surface area contributed by atoms with E-state index in [4.69, 9.17) is 18.5 Å². The van der Waals surface area contributed by atoms with E-state index >= 15 is 0 Å². The van der Waals surface area contributed by atoms with Gasteiger partial charge in [0.15, 0.2) is 11.9 Å². The number of allylic oxidation sites excluding steroid dienone is 8. The number of unbranched alkanes of at least 4 members (excludes halogenated alkanes) is 16. The molecule has 11 heteroatoms. The largest absolute Gasteiger partial charge is 0.472 e. The number of phosphoric acid groups is 1. The summed E-state index contributed by atoms with van der Waals surface area (Å²) in [6.45, 7) is 4.11. The minimum absolute atomic E-state index is 0.0116. The Hall–Kier alpha value is -2.36. The van der Waals surface area contributed by atoms with Crippen molar-refractivity contribution in [2.75, 3.05) is 47.5 Å². The summed E-state index contributed by atoms with van der Waals surface area (Å²) >= 11 is 0. The van der Waals surface area contributed by atoms with Crippen LogP contribution < -0.4 is 0 Å². The van der Waals surface area contributed by atoms with Crippen LogP contribution in [0.15, 0.2) is 48.6 Å². The summed E-state index contributed by atoms with van der Waals surface area (Å²) in [6, 6.07) is 0. The lowest BCUT2D eigenvalue weighted by Crippen LogP contribution is -2.37. The Balaban J connectivity index is 4.57. The number of rotatable bonds is 39. The first-order valence-electron chi connectivity index (χ1n) is 21.8. The number of nitrogens with zero attached hydrogens (tertiary/aromatic N) is 1. The van der Waals surface area contributed by atoms with Crippen molar-refractivity contribution >= 4 is 25.5 Å². The fraction of sp³-hybridized carbons (Fsp3) is 0.756. The van der Waals surface area contributed by atoms with Crippen molar-refractivity contribution < 1.29 is 46.8 Å². The normalized spacial score (nSPS) is 14.0. The molecule has 0 saturated heterocycles. The Kier molecular flexibility index (Phi) is 35.4. The molecule has 0 bridgehead atoms. The summed E-state index contributed by atoms with van der Waals surface area (Å²) in [5.41, 5.74) is 0. The molecule has 0 aliphatic carbocycles. The maximum absolute atomic E-state index is 12.7. The second kappa shape index (κ2) is 36.9. The predicted molar refractivity (Wildman–Crippen MR) is 229 cm³/mol. The second-order valence-corrected chi connectivity index (χ2v) is 17.2. The maximum atomic E-state index is 12.7. The number of hydrogen-bond acceptors (Lipinski definition) is 8. The molecule has 0 aromatic heterocycles. The van der Waals surface area contributed by atoms with Gasteiger partial charge in [-0.05, 0) is 44.6 Å². The molecular weight excluding hydrogens is 729 g/mol. The molecule has 1 unspecified atom stereocenters. The van der Waals surface area contributed by atoms with E-state index in [1.165, 1.54) is 89.5 Å². The Morgan fingerprint density at radius 1 is 0.607 bits per heavy atom. The fourth-order valence-corrected chi connectivity index (χ4v) is 6.36. The van der Waals surface area contributed by atoms with Crippen LogP contribution in [0.25, 0.3) is 0 Å². The summed E-state index contributed by atoms with van der Waals surface area (Å²) in [5.74, 6) is -1.17. The first-order valence-corrected chi connectivity index (χ1v) is 23.3. The lowest BCUT2D eigenvalue weighted by molar-refractivity contribution is -0.870. The molecule has 324 valence electrons. The van der Waals surface area contributed by atoms with Gasteiger partial charge in [-0.3, -0.25) is 23.4 Å². The highest BCUT2D eigenvalue weighted by molar-refractivity contribution is 7.47. The summed E-state index contributed by atoms with van der Waals surface area (Å²) in [4.78, 5) is 47.6. The van der Waals surface area contributed by atoms with Gasteiger partial charge in [0.05, 0.1) is 27.7 Å². The third-order valence-electron chi connectivity index (χ3n) is 9.09. The van der Waals surface area contributed by atoms with Gasteiger partial charge in [0, 0.05) is 19.3 Å². The summed E-state index contributed by atoms with van der Waals surface area (Å²) in [5, 5.41) is 0. The van der Waals surface area contributed by atoms with E-state index < -0.39 is 32.5 Å². The zero-order valence-electron chi connectivity index (χ0n) is 36.1. The van der Waals surface area contributed by atoms with E-state index in [0.717, 1.165) is 38.5 Å². The first-order chi connectivity index (χ1) is 26.9. The van der Waals surface area contributed by atoms with Gasteiger partial charge in [0.1, 0.15) is 19.8 Å². The van der Waals surface area contributed by atoms with E-state index in [1.807, 2.05) is 33.3 Å². The van der Waals surface area contributed by atoms with Gasteiger partial charge in [-0.15, -0.1) is 0 Å². The van der Waals surface area contributed by atoms with Crippen LogP contribution in [0.4, 0.5) is 0 Å². The molecule has 2 atom stereocenters. The number of carbonyl (C=O) groups excluding carboxylic acids is 3. The standard InChI is InChI=1S/C45H80NO9P/c1-6-8-10-12-14-16-18-20-22-24-26-28-30-32-36-44(48)52-40-43(41-54-56(50,51)53-39-38-46(3,4)5)55-45(49)37-33-35-42(47)34-31-29-27-25-23-21-19-17-15-13-11-9-7-2/h15,17,21,23,27,29,31,34,43H,6-14,16,18-20,22,24-26,28,30,32-33,35-41H2,1-5H3/p+1/b17-15-,23-21-,29-27-,34-31+/t43-/m1/s1. The van der Waals surface area contributed by atoms with Crippen molar-refractivity contribution in [3.63, 3.8) is 0 Å². The SMILES string of the molecule is CCCCC/C=C\C/C=C\C/C=C\C=C\C(=O)CCCC(=O)O[C@H](COC(=O)CCCCCCCCCCCCCCCC)COP(=O)(O)OCC[N+](C)(C)C. The molecule has 0 spiro atoms. The average molecular weight is 811 g/mol. The Labute approximate surface area is 341 Å². The lowest BCUT2D eigenvalue weighted by atomic mass is 10.0. The van der Waals surface area contributed by atoms with Crippen molar-refractivity contribution in [3.05, 3.63) is 48.6 Å². The molecule has 56 heavy (non-hydrogen) atoms. The summed E-state index contributed by atoms with van der Waals surface area (Å²) in [6.07, 6.45) is 38.8. The van der Waals surface area contributed by atoms with Crippen LogP contribution in [0, 0.1) is 0 Å². The number of hydrogen-bond donors (Lipinski definition) is 1. The van der Waals surface area contributed by atoms with Crippen molar-refractivity contribution in [2.45, 2.75) is 174 Å². The molecule has 0 aromatic carbocycles. The molecular formula is C45H81NO9P+. The van der Waals surface area contributed by atoms with Gasteiger partial charge in [0.25, 0.3) is 0 Å². The van der Waals surface area contributed by atoms with E-state index in [-0.39, 0.29) is 44.7 Å². The highest BCUT2D eigenvalue weighted by Crippen LogP contribution is 2.43. The van der Waals surface area contributed by atoms with Gasteiger partial charge < -0.3 is 18.9 Å². The van der Waals surface area contributed by atoms with E-state index in [9.17, 15) is 23.8 Å². The monoisotopic (exact) mass is 811 g/mol. The number of ketones is 1. The van der Waals surface area contributed by atoms with Crippen molar-refractivity contribution in [1.82, 2.24) is 0 Å². The minimum Gasteiger partial charge on any atom is -0.462 e. The molecule has 0 rings (SSSR count). The molecule has 0 heterocycles. The molecule has 0 amide bonds. The number of ether oxygens (including phenoxy) is 2.